The van der Waals surface area contributed by atoms with Crippen molar-refractivity contribution in [2.45, 2.75) is 51.0 Å². The number of nitrogens with one attached hydrogen (secondary N) is 1. The highest BCUT2D eigenvalue weighted by molar-refractivity contribution is 5.76. The fourth-order valence-electron chi connectivity index (χ4n) is 2.38. The lowest BCUT2D eigenvalue weighted by Crippen LogP contribution is -2.33. The highest BCUT2D eigenvalue weighted by Gasteiger charge is 2.30. The Morgan fingerprint density at radius 2 is 1.94 bits per heavy atom. The summed E-state index contributed by atoms with van der Waals surface area (Å²) in [7, 11) is 0. The Hall–Kier alpha value is -1.06. The minimum absolute atomic E-state index is 0.0906. The predicted octanol–water partition coefficient (Wildman–Crippen LogP) is 1.55. The molecule has 0 heterocycles. The second-order valence-corrected chi connectivity index (χ2v) is 5.09. The molecule has 2 aliphatic carbocycles. The average molecular weight is 225 g/mol. The molecule has 2 aliphatic rings. The minimum atomic E-state index is -0.727. The zero-order valence-electron chi connectivity index (χ0n) is 9.45. The molecule has 90 valence electrons. The van der Waals surface area contributed by atoms with Crippen LogP contribution in [0.4, 0.5) is 0 Å². The van der Waals surface area contributed by atoms with Crippen molar-refractivity contribution in [3.8, 4) is 0 Å². The van der Waals surface area contributed by atoms with E-state index in [2.05, 4.69) is 5.32 Å². The van der Waals surface area contributed by atoms with Gasteiger partial charge in [0.25, 0.3) is 0 Å². The summed E-state index contributed by atoms with van der Waals surface area (Å²) in [6.45, 7) is 0. The van der Waals surface area contributed by atoms with E-state index in [9.17, 15) is 9.59 Å². The van der Waals surface area contributed by atoms with E-state index >= 15 is 0 Å². The number of carboxylic acids is 1. The van der Waals surface area contributed by atoms with Gasteiger partial charge >= 0.3 is 5.97 Å². The first-order valence-corrected chi connectivity index (χ1v) is 6.17. The lowest BCUT2D eigenvalue weighted by molar-refractivity contribution is -0.141. The van der Waals surface area contributed by atoms with Crippen LogP contribution in [-0.4, -0.2) is 23.0 Å². The van der Waals surface area contributed by atoms with Crippen LogP contribution in [0, 0.1) is 11.8 Å². The van der Waals surface area contributed by atoms with Crippen LogP contribution in [0.15, 0.2) is 0 Å². The molecule has 0 spiro atoms. The molecule has 0 radical (unpaired) electrons. The molecule has 4 nitrogen and oxygen atoms in total. The van der Waals surface area contributed by atoms with E-state index in [1.807, 2.05) is 0 Å². The van der Waals surface area contributed by atoms with Crippen molar-refractivity contribution in [3.05, 3.63) is 0 Å². The maximum atomic E-state index is 11.5. The molecule has 0 aromatic heterocycles. The maximum absolute atomic E-state index is 11.5. The first-order chi connectivity index (χ1) is 7.65. The summed E-state index contributed by atoms with van der Waals surface area (Å²) in [5.74, 6) is -0.104. The lowest BCUT2D eigenvalue weighted by atomic mass is 10.1. The van der Waals surface area contributed by atoms with E-state index in [-0.39, 0.29) is 17.9 Å². The Morgan fingerprint density at radius 3 is 2.50 bits per heavy atom. The van der Waals surface area contributed by atoms with Crippen LogP contribution in [0.2, 0.25) is 0 Å². The fourth-order valence-corrected chi connectivity index (χ4v) is 2.38. The van der Waals surface area contributed by atoms with Crippen LogP contribution < -0.4 is 5.32 Å². The molecule has 4 heteroatoms. The van der Waals surface area contributed by atoms with Crippen LogP contribution in [0.3, 0.4) is 0 Å². The Morgan fingerprint density at radius 1 is 1.19 bits per heavy atom. The van der Waals surface area contributed by atoms with Crippen molar-refractivity contribution in [3.63, 3.8) is 0 Å². The van der Waals surface area contributed by atoms with E-state index in [4.69, 9.17) is 5.11 Å². The number of carbonyl (C=O) groups is 2. The molecule has 2 fully saturated rings. The first kappa shape index (κ1) is 11.4. The van der Waals surface area contributed by atoms with Gasteiger partial charge < -0.3 is 10.4 Å². The molecule has 2 saturated carbocycles. The zero-order valence-corrected chi connectivity index (χ0v) is 9.45. The van der Waals surface area contributed by atoms with Crippen molar-refractivity contribution in [2.75, 3.05) is 0 Å². The molecule has 0 saturated heterocycles. The Bertz CT molecular complexity index is 286. The number of aliphatic carboxylic acids is 1. The van der Waals surface area contributed by atoms with Crippen LogP contribution >= 0.6 is 0 Å². The van der Waals surface area contributed by atoms with E-state index in [1.165, 1.54) is 12.8 Å². The summed E-state index contributed by atoms with van der Waals surface area (Å²) >= 11 is 0. The van der Waals surface area contributed by atoms with Gasteiger partial charge in [0.05, 0.1) is 5.92 Å². The summed E-state index contributed by atoms with van der Waals surface area (Å²) in [4.78, 5) is 22.3. The molecule has 0 aromatic carbocycles. The topological polar surface area (TPSA) is 66.4 Å². The van der Waals surface area contributed by atoms with E-state index < -0.39 is 5.97 Å². The van der Waals surface area contributed by atoms with Gasteiger partial charge in [-0.25, -0.2) is 0 Å². The van der Waals surface area contributed by atoms with E-state index in [0.29, 0.717) is 19.3 Å². The van der Waals surface area contributed by atoms with Gasteiger partial charge in [0.2, 0.25) is 5.91 Å². The molecular formula is C12H19NO3. The van der Waals surface area contributed by atoms with E-state index in [0.717, 1.165) is 18.8 Å². The Labute approximate surface area is 95.4 Å². The van der Waals surface area contributed by atoms with Gasteiger partial charge in [-0.2, -0.15) is 0 Å². The van der Waals surface area contributed by atoms with Crippen LogP contribution in [-0.2, 0) is 9.59 Å². The highest BCUT2D eigenvalue weighted by Crippen LogP contribution is 2.33. The molecule has 16 heavy (non-hydrogen) atoms. The molecule has 0 unspecified atom stereocenters. The quantitative estimate of drug-likeness (QED) is 0.746. The van der Waals surface area contributed by atoms with Crippen molar-refractivity contribution in [2.24, 2.45) is 11.8 Å². The number of rotatable bonds is 5. The molecule has 0 bridgehead atoms. The van der Waals surface area contributed by atoms with Crippen molar-refractivity contribution < 1.29 is 14.7 Å². The third-order valence-electron chi connectivity index (χ3n) is 3.62. The van der Waals surface area contributed by atoms with E-state index in [1.54, 1.807) is 0 Å². The second kappa shape index (κ2) is 4.85. The van der Waals surface area contributed by atoms with Crippen molar-refractivity contribution in [1.29, 1.82) is 0 Å². The van der Waals surface area contributed by atoms with Gasteiger partial charge in [0, 0.05) is 12.5 Å². The lowest BCUT2D eigenvalue weighted by Gasteiger charge is -2.12. The predicted molar refractivity (Wildman–Crippen MR) is 58.9 cm³/mol. The third kappa shape index (κ3) is 3.22. The molecule has 2 rings (SSSR count). The molecular weight excluding hydrogens is 206 g/mol. The molecule has 1 amide bonds. The summed E-state index contributed by atoms with van der Waals surface area (Å²) < 4.78 is 0. The second-order valence-electron chi connectivity index (χ2n) is 5.09. The van der Waals surface area contributed by atoms with Crippen molar-refractivity contribution in [1.82, 2.24) is 5.32 Å². The minimum Gasteiger partial charge on any atom is -0.481 e. The van der Waals surface area contributed by atoms with Gasteiger partial charge in [0.15, 0.2) is 0 Å². The molecule has 2 N–H and O–H groups in total. The van der Waals surface area contributed by atoms with Crippen molar-refractivity contribution >= 4 is 11.9 Å². The molecule has 0 aromatic rings. The first-order valence-electron chi connectivity index (χ1n) is 6.17. The summed E-state index contributed by atoms with van der Waals surface area (Å²) in [5, 5.41) is 11.8. The van der Waals surface area contributed by atoms with Gasteiger partial charge in [-0.15, -0.1) is 0 Å². The van der Waals surface area contributed by atoms with Gasteiger partial charge in [-0.1, -0.05) is 12.8 Å². The smallest absolute Gasteiger partial charge is 0.306 e. The van der Waals surface area contributed by atoms with Crippen LogP contribution in [0.5, 0.6) is 0 Å². The molecule has 2 atom stereocenters. The van der Waals surface area contributed by atoms with Gasteiger partial charge in [0.1, 0.15) is 0 Å². The van der Waals surface area contributed by atoms with Crippen LogP contribution in [0.1, 0.15) is 44.9 Å². The Balaban J connectivity index is 1.65. The number of carbonyl (C=O) groups excluding carboxylic acids is 1. The number of carboxylic acid groups (broad SMARTS) is 1. The normalized spacial score (nSPS) is 29.0. The standard InChI is InChI=1S/C12H19NO3/c14-11(6-3-8-1-2-8)13-10-5-4-9(7-10)12(15)16/h8-10H,1-7H2,(H,13,14)(H,15,16)/t9-,10+/m0/s1. The third-order valence-corrected chi connectivity index (χ3v) is 3.62. The zero-order chi connectivity index (χ0) is 11.5. The van der Waals surface area contributed by atoms with Gasteiger partial charge in [-0.05, 0) is 31.6 Å². The monoisotopic (exact) mass is 225 g/mol. The summed E-state index contributed by atoms with van der Waals surface area (Å²) in [5.41, 5.74) is 0. The SMILES string of the molecule is O=C(CCC1CC1)N[C@@H]1CC[C@H](C(=O)O)C1. The largest absolute Gasteiger partial charge is 0.481 e. The number of hydrogen-bond donors (Lipinski definition) is 2. The maximum Gasteiger partial charge on any atom is 0.306 e. The summed E-state index contributed by atoms with van der Waals surface area (Å²) in [6.07, 6.45) is 6.27. The van der Waals surface area contributed by atoms with Gasteiger partial charge in [-0.3, -0.25) is 9.59 Å². The number of amides is 1. The number of hydrogen-bond acceptors (Lipinski definition) is 2. The summed E-state index contributed by atoms with van der Waals surface area (Å²) in [6, 6.07) is 0.0906. The average Bonchev–Trinajstić information content (AvgIpc) is 2.95. The Kier molecular flexibility index (Phi) is 3.46. The molecule has 0 aliphatic heterocycles. The fraction of sp³-hybridized carbons (Fsp3) is 0.833. The highest BCUT2D eigenvalue weighted by atomic mass is 16.4. The van der Waals surface area contributed by atoms with Crippen LogP contribution in [0.25, 0.3) is 0 Å².